The highest BCUT2D eigenvalue weighted by Gasteiger charge is 2.14. The van der Waals surface area contributed by atoms with Gasteiger partial charge in [-0.2, -0.15) is 0 Å². The molecule has 1 saturated heterocycles. The van der Waals surface area contributed by atoms with Crippen LogP contribution in [0.4, 0.5) is 0 Å². The minimum absolute atomic E-state index is 0.0351. The number of thiophene rings is 1. The highest BCUT2D eigenvalue weighted by Crippen LogP contribution is 2.23. The van der Waals surface area contributed by atoms with Crippen molar-refractivity contribution in [2.75, 3.05) is 26.2 Å². The van der Waals surface area contributed by atoms with E-state index in [0.717, 1.165) is 24.3 Å². The van der Waals surface area contributed by atoms with Gasteiger partial charge in [0.05, 0.1) is 10.2 Å². The zero-order chi connectivity index (χ0) is 13.9. The number of carbonyl (C=O) groups excluding carboxylic acids is 1. The molecule has 1 aliphatic rings. The van der Waals surface area contributed by atoms with Crippen molar-refractivity contribution in [3.8, 4) is 0 Å². The first-order valence-electron chi connectivity index (χ1n) is 7.29. The van der Waals surface area contributed by atoms with Gasteiger partial charge in [0, 0.05) is 20.1 Å². The summed E-state index contributed by atoms with van der Waals surface area (Å²) in [7, 11) is 1.95. The van der Waals surface area contributed by atoms with Crippen LogP contribution < -0.4 is 5.32 Å². The Hall–Kier alpha value is -1.33. The van der Waals surface area contributed by atoms with Gasteiger partial charge in [-0.1, -0.05) is 6.42 Å². The number of likely N-dealkylation sites (tertiary alicyclic amines) is 1. The first kappa shape index (κ1) is 13.6. The van der Waals surface area contributed by atoms with Gasteiger partial charge in [-0.3, -0.25) is 4.79 Å². The number of aromatic nitrogens is 1. The van der Waals surface area contributed by atoms with E-state index in [1.807, 2.05) is 17.7 Å². The molecule has 0 radical (unpaired) electrons. The molecule has 20 heavy (non-hydrogen) atoms. The first-order chi connectivity index (χ1) is 9.75. The summed E-state index contributed by atoms with van der Waals surface area (Å²) < 4.78 is 3.15. The van der Waals surface area contributed by atoms with Crippen LogP contribution in [0.25, 0.3) is 10.2 Å². The molecule has 0 aliphatic carbocycles. The van der Waals surface area contributed by atoms with Crippen LogP contribution >= 0.6 is 11.3 Å². The van der Waals surface area contributed by atoms with Crippen molar-refractivity contribution in [1.82, 2.24) is 14.8 Å². The van der Waals surface area contributed by atoms with Crippen molar-refractivity contribution in [3.63, 3.8) is 0 Å². The van der Waals surface area contributed by atoms with E-state index in [1.54, 1.807) is 11.3 Å². The highest BCUT2D eigenvalue weighted by atomic mass is 32.1. The van der Waals surface area contributed by atoms with Crippen molar-refractivity contribution >= 4 is 27.5 Å². The lowest BCUT2D eigenvalue weighted by atomic mass is 10.1. The number of nitrogens with zero attached hydrogens (tertiary/aromatic N) is 2. The maximum atomic E-state index is 12.2. The summed E-state index contributed by atoms with van der Waals surface area (Å²) in [4.78, 5) is 14.7. The van der Waals surface area contributed by atoms with Crippen LogP contribution in [0.15, 0.2) is 17.5 Å². The number of piperidine rings is 1. The van der Waals surface area contributed by atoms with Gasteiger partial charge < -0.3 is 14.8 Å². The number of fused-ring (bicyclic) bond motifs is 1. The Kier molecular flexibility index (Phi) is 4.08. The monoisotopic (exact) mass is 291 g/mol. The van der Waals surface area contributed by atoms with Gasteiger partial charge >= 0.3 is 0 Å². The van der Waals surface area contributed by atoms with Crippen molar-refractivity contribution < 1.29 is 4.79 Å². The van der Waals surface area contributed by atoms with E-state index < -0.39 is 0 Å². The zero-order valence-electron chi connectivity index (χ0n) is 11.9. The predicted octanol–water partition coefficient (Wildman–Crippen LogP) is 2.46. The van der Waals surface area contributed by atoms with Crippen LogP contribution in [0.1, 0.15) is 29.8 Å². The number of aryl methyl sites for hydroxylation is 1. The minimum Gasteiger partial charge on any atom is -0.349 e. The Morgan fingerprint density at radius 2 is 2.15 bits per heavy atom. The molecule has 0 aromatic carbocycles. The van der Waals surface area contributed by atoms with Gasteiger partial charge in [0.1, 0.15) is 5.69 Å². The molecule has 4 nitrogen and oxygen atoms in total. The average Bonchev–Trinajstić information content (AvgIpc) is 3.03. The molecule has 1 fully saturated rings. The molecule has 0 atom stereocenters. The maximum Gasteiger partial charge on any atom is 0.268 e. The molecule has 2 aromatic heterocycles. The van der Waals surface area contributed by atoms with Gasteiger partial charge in [-0.05, 0) is 43.4 Å². The quantitative estimate of drug-likeness (QED) is 0.939. The average molecular weight is 291 g/mol. The van der Waals surface area contributed by atoms with E-state index in [4.69, 9.17) is 0 Å². The molecule has 0 spiro atoms. The second-order valence-electron chi connectivity index (χ2n) is 5.42. The summed E-state index contributed by atoms with van der Waals surface area (Å²) >= 11 is 1.68. The molecule has 0 bridgehead atoms. The SMILES string of the molecule is Cn1c(C(=O)NCCN2CCCCC2)cc2sccc21. The van der Waals surface area contributed by atoms with E-state index in [1.165, 1.54) is 37.1 Å². The number of hydrogen-bond donors (Lipinski definition) is 1. The lowest BCUT2D eigenvalue weighted by molar-refractivity contribution is 0.0939. The summed E-state index contributed by atoms with van der Waals surface area (Å²) in [5.41, 5.74) is 1.89. The highest BCUT2D eigenvalue weighted by molar-refractivity contribution is 7.17. The Labute approximate surface area is 123 Å². The van der Waals surface area contributed by atoms with E-state index in [0.29, 0.717) is 0 Å². The normalized spacial score (nSPS) is 16.6. The van der Waals surface area contributed by atoms with E-state index in [9.17, 15) is 4.79 Å². The van der Waals surface area contributed by atoms with E-state index in [-0.39, 0.29) is 5.91 Å². The molecule has 2 aromatic rings. The lowest BCUT2D eigenvalue weighted by Crippen LogP contribution is -2.38. The number of rotatable bonds is 4. The fourth-order valence-electron chi connectivity index (χ4n) is 2.87. The maximum absolute atomic E-state index is 12.2. The smallest absolute Gasteiger partial charge is 0.268 e. The van der Waals surface area contributed by atoms with Crippen LogP contribution in [0.2, 0.25) is 0 Å². The van der Waals surface area contributed by atoms with Crippen LogP contribution in [0.5, 0.6) is 0 Å². The van der Waals surface area contributed by atoms with Crippen molar-refractivity contribution in [3.05, 3.63) is 23.2 Å². The minimum atomic E-state index is 0.0351. The molecule has 1 N–H and O–H groups in total. The second-order valence-corrected chi connectivity index (χ2v) is 6.36. The summed E-state index contributed by atoms with van der Waals surface area (Å²) in [5, 5.41) is 5.10. The Morgan fingerprint density at radius 3 is 2.90 bits per heavy atom. The summed E-state index contributed by atoms with van der Waals surface area (Å²) in [6, 6.07) is 4.04. The van der Waals surface area contributed by atoms with E-state index >= 15 is 0 Å². The van der Waals surface area contributed by atoms with Crippen LogP contribution in [0, 0.1) is 0 Å². The molecule has 0 unspecified atom stereocenters. The Balaban J connectivity index is 1.56. The third-order valence-corrected chi connectivity index (χ3v) is 4.91. The Bertz CT molecular complexity index is 595. The molecule has 1 amide bonds. The fraction of sp³-hybridized carbons (Fsp3) is 0.533. The topological polar surface area (TPSA) is 37.3 Å². The number of carbonyl (C=O) groups is 1. The van der Waals surface area contributed by atoms with Crippen LogP contribution in [-0.4, -0.2) is 41.6 Å². The van der Waals surface area contributed by atoms with Gasteiger partial charge in [0.2, 0.25) is 0 Å². The summed E-state index contributed by atoms with van der Waals surface area (Å²) in [5.74, 6) is 0.0351. The molecule has 5 heteroatoms. The summed E-state index contributed by atoms with van der Waals surface area (Å²) in [6.07, 6.45) is 3.94. The van der Waals surface area contributed by atoms with Crippen molar-refractivity contribution in [2.24, 2.45) is 7.05 Å². The predicted molar refractivity (Wildman–Crippen MR) is 83.4 cm³/mol. The van der Waals surface area contributed by atoms with E-state index in [2.05, 4.69) is 21.7 Å². The second kappa shape index (κ2) is 5.97. The van der Waals surface area contributed by atoms with Gasteiger partial charge in [0.15, 0.2) is 0 Å². The lowest BCUT2D eigenvalue weighted by Gasteiger charge is -2.26. The molecular weight excluding hydrogens is 270 g/mol. The van der Waals surface area contributed by atoms with Crippen molar-refractivity contribution in [2.45, 2.75) is 19.3 Å². The van der Waals surface area contributed by atoms with Gasteiger partial charge in [-0.25, -0.2) is 0 Å². The molecule has 1 aliphatic heterocycles. The third-order valence-electron chi connectivity index (χ3n) is 4.06. The first-order valence-corrected chi connectivity index (χ1v) is 8.17. The van der Waals surface area contributed by atoms with Gasteiger partial charge in [-0.15, -0.1) is 11.3 Å². The standard InChI is InChI=1S/C15H21N3OS/c1-17-12-5-10-20-14(12)11-13(17)15(19)16-6-9-18-7-3-2-4-8-18/h5,10-11H,2-4,6-9H2,1H3,(H,16,19). The molecule has 3 rings (SSSR count). The summed E-state index contributed by atoms with van der Waals surface area (Å²) in [6.45, 7) is 4.05. The zero-order valence-corrected chi connectivity index (χ0v) is 12.7. The third kappa shape index (κ3) is 2.74. The molecule has 0 saturated carbocycles. The van der Waals surface area contributed by atoms with Crippen molar-refractivity contribution in [1.29, 1.82) is 0 Å². The number of amides is 1. The molecular formula is C15H21N3OS. The largest absolute Gasteiger partial charge is 0.349 e. The van der Waals surface area contributed by atoms with Crippen LogP contribution in [0.3, 0.4) is 0 Å². The fourth-order valence-corrected chi connectivity index (χ4v) is 3.72. The van der Waals surface area contributed by atoms with Gasteiger partial charge in [0.25, 0.3) is 5.91 Å². The molecule has 3 heterocycles. The molecule has 108 valence electrons. The number of nitrogens with one attached hydrogen (secondary N) is 1. The number of hydrogen-bond acceptors (Lipinski definition) is 3. The van der Waals surface area contributed by atoms with Crippen LogP contribution in [-0.2, 0) is 7.05 Å². The Morgan fingerprint density at radius 1 is 1.35 bits per heavy atom.